The summed E-state index contributed by atoms with van der Waals surface area (Å²) in [7, 11) is 0. The van der Waals surface area contributed by atoms with Crippen molar-refractivity contribution in [2.75, 3.05) is 5.75 Å². The lowest BCUT2D eigenvalue weighted by atomic mass is 10.3. The van der Waals surface area contributed by atoms with Crippen molar-refractivity contribution in [3.63, 3.8) is 0 Å². The number of aromatic nitrogens is 1. The van der Waals surface area contributed by atoms with Gasteiger partial charge in [0.1, 0.15) is 0 Å². The van der Waals surface area contributed by atoms with Crippen LogP contribution in [0.3, 0.4) is 0 Å². The molecular weight excluding hydrogens is 224 g/mol. The molecule has 0 saturated carbocycles. The summed E-state index contributed by atoms with van der Waals surface area (Å²) in [5.74, 6) is 1.15. The van der Waals surface area contributed by atoms with Crippen molar-refractivity contribution < 1.29 is 0 Å². The van der Waals surface area contributed by atoms with Gasteiger partial charge in [-0.2, -0.15) is 11.8 Å². The highest BCUT2D eigenvalue weighted by atomic mass is 32.2. The zero-order valence-corrected chi connectivity index (χ0v) is 11.5. The molecule has 0 aliphatic heterocycles. The third-order valence-electron chi connectivity index (χ3n) is 1.88. The molecule has 0 bridgehead atoms. The van der Waals surface area contributed by atoms with Crippen molar-refractivity contribution in [2.24, 2.45) is 0 Å². The Bertz CT molecular complexity index is 265. The van der Waals surface area contributed by atoms with E-state index in [0.717, 1.165) is 18.0 Å². The first-order valence-corrected chi connectivity index (χ1v) is 7.14. The van der Waals surface area contributed by atoms with Crippen LogP contribution in [0.15, 0.2) is 10.9 Å². The lowest BCUT2D eigenvalue weighted by Crippen LogP contribution is -2.29. The summed E-state index contributed by atoms with van der Waals surface area (Å²) in [5.41, 5.74) is 3.03. The fourth-order valence-corrected chi connectivity index (χ4v) is 2.46. The predicted molar refractivity (Wildman–Crippen MR) is 70.6 cm³/mol. The van der Waals surface area contributed by atoms with Gasteiger partial charge in [0.15, 0.2) is 0 Å². The van der Waals surface area contributed by atoms with Crippen LogP contribution < -0.4 is 5.32 Å². The molecule has 0 saturated heterocycles. The van der Waals surface area contributed by atoms with E-state index < -0.39 is 0 Å². The van der Waals surface area contributed by atoms with E-state index in [1.54, 1.807) is 11.3 Å². The second-order valence-corrected chi connectivity index (χ2v) is 7.25. The molecule has 1 unspecified atom stereocenters. The molecule has 0 radical (unpaired) electrons. The van der Waals surface area contributed by atoms with Crippen molar-refractivity contribution in [1.29, 1.82) is 0 Å². The fraction of sp³-hybridized carbons (Fsp3) is 0.727. The molecule has 1 heterocycles. The quantitative estimate of drug-likeness (QED) is 0.861. The minimum atomic E-state index is 0.358. The van der Waals surface area contributed by atoms with Gasteiger partial charge in [-0.15, -0.1) is 11.3 Å². The van der Waals surface area contributed by atoms with Crippen LogP contribution in [0.25, 0.3) is 0 Å². The Labute approximate surface area is 101 Å². The maximum absolute atomic E-state index is 4.25. The smallest absolute Gasteiger partial charge is 0.0795 e. The molecular formula is C11H20N2S2. The van der Waals surface area contributed by atoms with Gasteiger partial charge < -0.3 is 5.32 Å². The molecule has 2 nitrogen and oxygen atoms in total. The predicted octanol–water partition coefficient (Wildman–Crippen LogP) is 3.15. The number of thiazole rings is 1. The first kappa shape index (κ1) is 13.0. The number of nitrogens with one attached hydrogen (secondary N) is 1. The Morgan fingerprint density at radius 3 is 2.80 bits per heavy atom. The molecule has 1 aromatic rings. The second kappa shape index (κ2) is 5.87. The average Bonchev–Trinajstić information content (AvgIpc) is 2.62. The molecule has 1 rings (SSSR count). The largest absolute Gasteiger partial charge is 0.308 e. The van der Waals surface area contributed by atoms with Gasteiger partial charge >= 0.3 is 0 Å². The van der Waals surface area contributed by atoms with E-state index >= 15 is 0 Å². The highest BCUT2D eigenvalue weighted by Gasteiger charge is 2.12. The van der Waals surface area contributed by atoms with E-state index in [4.69, 9.17) is 0 Å². The van der Waals surface area contributed by atoms with Crippen LogP contribution in [0.4, 0.5) is 0 Å². The van der Waals surface area contributed by atoms with E-state index in [1.807, 2.05) is 17.3 Å². The summed E-state index contributed by atoms with van der Waals surface area (Å²) < 4.78 is 0.358. The van der Waals surface area contributed by atoms with Crippen LogP contribution in [-0.4, -0.2) is 21.5 Å². The summed E-state index contributed by atoms with van der Waals surface area (Å²) in [6.45, 7) is 9.88. The minimum absolute atomic E-state index is 0.358. The summed E-state index contributed by atoms with van der Waals surface area (Å²) in [6, 6.07) is 0.538. The van der Waals surface area contributed by atoms with Crippen LogP contribution in [0.1, 0.15) is 33.4 Å². The van der Waals surface area contributed by atoms with Crippen LogP contribution in [-0.2, 0) is 6.54 Å². The molecule has 1 N–H and O–H groups in total. The maximum Gasteiger partial charge on any atom is 0.0795 e. The summed E-state index contributed by atoms with van der Waals surface area (Å²) in [5, 5.41) is 5.57. The number of thioether (sulfide) groups is 1. The monoisotopic (exact) mass is 244 g/mol. The fourth-order valence-electron chi connectivity index (χ4n) is 1.04. The van der Waals surface area contributed by atoms with Gasteiger partial charge in [0.25, 0.3) is 0 Å². The molecule has 0 fully saturated rings. The summed E-state index contributed by atoms with van der Waals surface area (Å²) in [4.78, 5) is 4.25. The molecule has 4 heteroatoms. The lowest BCUT2D eigenvalue weighted by Gasteiger charge is -2.21. The number of nitrogens with zero attached hydrogens (tertiary/aromatic N) is 1. The first-order valence-electron chi connectivity index (χ1n) is 5.22. The topological polar surface area (TPSA) is 24.9 Å². The van der Waals surface area contributed by atoms with Crippen LogP contribution in [0.2, 0.25) is 0 Å². The SMILES string of the molecule is CC(CSC(C)(C)C)NCc1cscn1. The van der Waals surface area contributed by atoms with Gasteiger partial charge in [0.05, 0.1) is 11.2 Å². The van der Waals surface area contributed by atoms with Gasteiger partial charge in [-0.1, -0.05) is 20.8 Å². The summed E-state index contributed by atoms with van der Waals surface area (Å²) in [6.07, 6.45) is 0. The van der Waals surface area contributed by atoms with Gasteiger partial charge in [-0.25, -0.2) is 4.98 Å². The van der Waals surface area contributed by atoms with E-state index in [0.29, 0.717) is 10.8 Å². The molecule has 0 aliphatic rings. The average molecular weight is 244 g/mol. The first-order chi connectivity index (χ1) is 6.97. The Balaban J connectivity index is 2.16. The number of hydrogen-bond donors (Lipinski definition) is 1. The standard InChI is InChI=1S/C11H20N2S2/c1-9(6-15-11(2,3)4)12-5-10-7-14-8-13-10/h7-9,12H,5-6H2,1-4H3. The molecule has 0 spiro atoms. The number of hydrogen-bond acceptors (Lipinski definition) is 4. The van der Waals surface area contributed by atoms with E-state index in [1.165, 1.54) is 0 Å². The summed E-state index contributed by atoms with van der Waals surface area (Å²) >= 11 is 3.65. The molecule has 0 aromatic carbocycles. The molecule has 0 amide bonds. The highest BCUT2D eigenvalue weighted by Crippen LogP contribution is 2.23. The Morgan fingerprint density at radius 2 is 2.27 bits per heavy atom. The van der Waals surface area contributed by atoms with Crippen LogP contribution in [0.5, 0.6) is 0 Å². The lowest BCUT2D eigenvalue weighted by molar-refractivity contribution is 0.587. The maximum atomic E-state index is 4.25. The molecule has 0 aliphatic carbocycles. The second-order valence-electron chi connectivity index (χ2n) is 4.69. The van der Waals surface area contributed by atoms with Crippen molar-refractivity contribution in [1.82, 2.24) is 10.3 Å². The van der Waals surface area contributed by atoms with E-state index in [9.17, 15) is 0 Å². The molecule has 1 aromatic heterocycles. The zero-order valence-electron chi connectivity index (χ0n) is 9.91. The normalized spacial score (nSPS) is 14.1. The highest BCUT2D eigenvalue weighted by molar-refractivity contribution is 8.00. The van der Waals surface area contributed by atoms with Crippen molar-refractivity contribution in [2.45, 2.75) is 45.0 Å². The van der Waals surface area contributed by atoms with Gasteiger partial charge in [-0.05, 0) is 6.92 Å². The Kier molecular flexibility index (Phi) is 5.09. The van der Waals surface area contributed by atoms with Crippen molar-refractivity contribution in [3.8, 4) is 0 Å². The van der Waals surface area contributed by atoms with Gasteiger partial charge in [-0.3, -0.25) is 0 Å². The third kappa shape index (κ3) is 6.17. The Hall–Kier alpha value is -0.0600. The number of rotatable bonds is 5. The minimum Gasteiger partial charge on any atom is -0.308 e. The van der Waals surface area contributed by atoms with Gasteiger partial charge in [0.2, 0.25) is 0 Å². The van der Waals surface area contributed by atoms with Crippen molar-refractivity contribution in [3.05, 3.63) is 16.6 Å². The van der Waals surface area contributed by atoms with Crippen LogP contribution >= 0.6 is 23.1 Å². The molecule has 15 heavy (non-hydrogen) atoms. The van der Waals surface area contributed by atoms with Crippen LogP contribution in [0, 0.1) is 0 Å². The third-order valence-corrected chi connectivity index (χ3v) is 4.05. The van der Waals surface area contributed by atoms with E-state index in [-0.39, 0.29) is 0 Å². The zero-order chi connectivity index (χ0) is 11.3. The van der Waals surface area contributed by atoms with E-state index in [2.05, 4.69) is 43.4 Å². The van der Waals surface area contributed by atoms with Gasteiger partial charge in [0, 0.05) is 28.5 Å². The van der Waals surface area contributed by atoms with Crippen molar-refractivity contribution >= 4 is 23.1 Å². The molecule has 1 atom stereocenters. The molecule has 86 valence electrons. The Morgan fingerprint density at radius 1 is 1.53 bits per heavy atom.